The molecule has 11 aromatic rings. The zero-order valence-electron chi connectivity index (χ0n) is 35.1. The standard InChI is InChI=1S/C60H42N2O/c1-38(2)57-49-22-8-13-29-56(49)63-59(57)61(43-17-4-3-5-18-43)44-19-14-16-41(36-44)39-30-32-40(33-31-39)42-34-35-46-45-20-6-9-24-50(45)60(53(46)37-42)51-25-10-12-28-55(51)62-54-27-11-7-21-47(54)48-23-15-26-52(60)58(48)62/h3-38H,1-2H3. The second kappa shape index (κ2) is 13.6. The fraction of sp³-hybridized carbons (Fsp3) is 0.0667. The molecule has 0 fully saturated rings. The third kappa shape index (κ3) is 5.02. The normalized spacial score (nSPS) is 14.7. The van der Waals surface area contributed by atoms with Gasteiger partial charge in [-0.3, -0.25) is 4.90 Å². The minimum absolute atomic E-state index is 0.266. The van der Waals surface area contributed by atoms with Crippen molar-refractivity contribution in [3.05, 3.63) is 240 Å². The highest BCUT2D eigenvalue weighted by Gasteiger charge is 2.50. The zero-order chi connectivity index (χ0) is 41.8. The van der Waals surface area contributed by atoms with Crippen LogP contribution in [0.4, 0.5) is 17.3 Å². The fourth-order valence-corrected chi connectivity index (χ4v) is 11.2. The summed E-state index contributed by atoms with van der Waals surface area (Å²) in [6.07, 6.45) is 0. The van der Waals surface area contributed by atoms with E-state index in [-0.39, 0.29) is 5.92 Å². The van der Waals surface area contributed by atoms with Crippen LogP contribution in [0.5, 0.6) is 0 Å². The predicted octanol–water partition coefficient (Wildman–Crippen LogP) is 16.1. The summed E-state index contributed by atoms with van der Waals surface area (Å²) in [5, 5.41) is 3.74. The van der Waals surface area contributed by atoms with Gasteiger partial charge in [0.25, 0.3) is 0 Å². The number of benzene rings is 9. The molecule has 1 unspecified atom stereocenters. The summed E-state index contributed by atoms with van der Waals surface area (Å²) in [5.74, 6) is 1.13. The number of rotatable bonds is 6. The summed E-state index contributed by atoms with van der Waals surface area (Å²) in [7, 11) is 0. The maximum atomic E-state index is 6.73. The highest BCUT2D eigenvalue weighted by molar-refractivity contribution is 6.13. The van der Waals surface area contributed by atoms with E-state index in [1.165, 1.54) is 77.6 Å². The summed E-state index contributed by atoms with van der Waals surface area (Å²) < 4.78 is 9.24. The van der Waals surface area contributed by atoms with Crippen molar-refractivity contribution in [2.45, 2.75) is 25.2 Å². The Balaban J connectivity index is 0.941. The molecule has 3 heteroatoms. The summed E-state index contributed by atoms with van der Waals surface area (Å²) in [4.78, 5) is 2.27. The molecule has 1 aliphatic carbocycles. The van der Waals surface area contributed by atoms with E-state index in [0.29, 0.717) is 0 Å². The third-order valence-corrected chi connectivity index (χ3v) is 13.8. The molecule has 1 spiro atoms. The number of hydrogen-bond acceptors (Lipinski definition) is 2. The fourth-order valence-electron chi connectivity index (χ4n) is 11.2. The molecule has 13 rings (SSSR count). The van der Waals surface area contributed by atoms with Gasteiger partial charge in [0.15, 0.2) is 0 Å². The maximum Gasteiger partial charge on any atom is 0.209 e. The summed E-state index contributed by atoms with van der Waals surface area (Å²) in [5.41, 5.74) is 20.2. The highest BCUT2D eigenvalue weighted by atomic mass is 16.4. The molecule has 63 heavy (non-hydrogen) atoms. The van der Waals surface area contributed by atoms with Crippen molar-refractivity contribution in [2.24, 2.45) is 0 Å². The Hall–Kier alpha value is -7.88. The van der Waals surface area contributed by atoms with Gasteiger partial charge in [-0.1, -0.05) is 178 Å². The predicted molar refractivity (Wildman–Crippen MR) is 261 cm³/mol. The van der Waals surface area contributed by atoms with E-state index in [4.69, 9.17) is 4.42 Å². The molecule has 1 atom stereocenters. The molecule has 298 valence electrons. The lowest BCUT2D eigenvalue weighted by atomic mass is 9.65. The minimum atomic E-state index is -0.483. The minimum Gasteiger partial charge on any atom is -0.439 e. The first-order chi connectivity index (χ1) is 31.1. The van der Waals surface area contributed by atoms with E-state index in [1.54, 1.807) is 0 Å². The molecule has 3 nitrogen and oxygen atoms in total. The second-order valence-electron chi connectivity index (χ2n) is 17.4. The van der Waals surface area contributed by atoms with Crippen molar-refractivity contribution >= 4 is 50.0 Å². The van der Waals surface area contributed by atoms with Crippen LogP contribution in [-0.4, -0.2) is 4.57 Å². The van der Waals surface area contributed by atoms with Crippen LogP contribution in [0.1, 0.15) is 47.6 Å². The SMILES string of the molecule is CC(C)c1c(N(c2ccccc2)c2cccc(-c3ccc(-c4ccc5c(c4)C4(c6ccccc6-5)c5ccccc5-n5c6ccccc6c6cccc4c65)cc3)c2)oc2ccccc12. The maximum absolute atomic E-state index is 6.73. The van der Waals surface area contributed by atoms with Gasteiger partial charge in [0.05, 0.1) is 22.1 Å². The number of anilines is 3. The molecule has 0 N–H and O–H groups in total. The van der Waals surface area contributed by atoms with Crippen LogP contribution in [0, 0.1) is 0 Å². The Labute approximate surface area is 366 Å². The topological polar surface area (TPSA) is 21.3 Å². The lowest BCUT2D eigenvalue weighted by Crippen LogP contribution is -2.33. The van der Waals surface area contributed by atoms with Gasteiger partial charge >= 0.3 is 0 Å². The van der Waals surface area contributed by atoms with Crippen molar-refractivity contribution in [3.8, 4) is 39.1 Å². The Morgan fingerprint density at radius 3 is 1.87 bits per heavy atom. The molecule has 9 aromatic carbocycles. The number of furan rings is 1. The van der Waals surface area contributed by atoms with E-state index in [2.05, 4.69) is 230 Å². The van der Waals surface area contributed by atoms with Gasteiger partial charge in [-0.05, 0) is 110 Å². The van der Waals surface area contributed by atoms with Crippen molar-refractivity contribution in [1.29, 1.82) is 0 Å². The van der Waals surface area contributed by atoms with Crippen LogP contribution in [-0.2, 0) is 5.41 Å². The van der Waals surface area contributed by atoms with Gasteiger partial charge in [0, 0.05) is 33.1 Å². The molecule has 0 saturated heterocycles. The first-order valence-electron chi connectivity index (χ1n) is 22.0. The average Bonchev–Trinajstić information content (AvgIpc) is 3.99. The monoisotopic (exact) mass is 806 g/mol. The molecule has 2 aromatic heterocycles. The first kappa shape index (κ1) is 35.8. The van der Waals surface area contributed by atoms with Crippen molar-refractivity contribution < 1.29 is 4.42 Å². The van der Waals surface area contributed by atoms with Gasteiger partial charge in [-0.15, -0.1) is 0 Å². The van der Waals surface area contributed by atoms with Crippen LogP contribution in [0.15, 0.2) is 217 Å². The number of nitrogens with zero attached hydrogens (tertiary/aromatic N) is 2. The quantitative estimate of drug-likeness (QED) is 0.167. The lowest BCUT2D eigenvalue weighted by Gasteiger charge is -2.39. The van der Waals surface area contributed by atoms with Gasteiger partial charge in [-0.2, -0.15) is 0 Å². The molecule has 2 aliphatic rings. The van der Waals surface area contributed by atoms with Crippen molar-refractivity contribution in [2.75, 3.05) is 4.90 Å². The van der Waals surface area contributed by atoms with E-state index in [0.717, 1.165) is 39.4 Å². The van der Waals surface area contributed by atoms with Crippen LogP contribution in [0.25, 0.3) is 71.8 Å². The molecule has 0 amide bonds. The van der Waals surface area contributed by atoms with Crippen LogP contribution < -0.4 is 4.90 Å². The third-order valence-electron chi connectivity index (χ3n) is 13.8. The Bertz CT molecular complexity index is 3610. The Morgan fingerprint density at radius 1 is 0.444 bits per heavy atom. The van der Waals surface area contributed by atoms with Crippen LogP contribution in [0.2, 0.25) is 0 Å². The number of para-hydroxylation sites is 5. The number of hydrogen-bond donors (Lipinski definition) is 0. The van der Waals surface area contributed by atoms with Crippen LogP contribution in [0.3, 0.4) is 0 Å². The number of fused-ring (bicyclic) bond motifs is 13. The molecule has 3 heterocycles. The summed E-state index contributed by atoms with van der Waals surface area (Å²) >= 11 is 0. The molecular weight excluding hydrogens is 765 g/mol. The van der Waals surface area contributed by atoms with E-state index < -0.39 is 5.41 Å². The van der Waals surface area contributed by atoms with E-state index in [1.807, 2.05) is 6.07 Å². The summed E-state index contributed by atoms with van der Waals surface area (Å²) in [6.45, 7) is 4.49. The molecule has 1 aliphatic heterocycles. The first-order valence-corrected chi connectivity index (χ1v) is 22.0. The molecule has 0 radical (unpaired) electrons. The van der Waals surface area contributed by atoms with Crippen molar-refractivity contribution in [1.82, 2.24) is 4.57 Å². The molecule has 0 bridgehead atoms. The van der Waals surface area contributed by atoms with Gasteiger partial charge in [0.2, 0.25) is 5.88 Å². The van der Waals surface area contributed by atoms with E-state index in [9.17, 15) is 0 Å². The molecule has 0 saturated carbocycles. The lowest BCUT2D eigenvalue weighted by molar-refractivity contribution is 0.612. The average molecular weight is 807 g/mol. The van der Waals surface area contributed by atoms with Gasteiger partial charge in [0.1, 0.15) is 5.58 Å². The second-order valence-corrected chi connectivity index (χ2v) is 17.4. The smallest absolute Gasteiger partial charge is 0.209 e. The summed E-state index contributed by atoms with van der Waals surface area (Å²) in [6, 6.07) is 78.1. The number of aromatic nitrogens is 1. The van der Waals surface area contributed by atoms with Gasteiger partial charge < -0.3 is 8.98 Å². The van der Waals surface area contributed by atoms with Crippen LogP contribution >= 0.6 is 0 Å². The Kier molecular flexibility index (Phi) is 7.71. The zero-order valence-corrected chi connectivity index (χ0v) is 35.1. The van der Waals surface area contributed by atoms with Gasteiger partial charge in [-0.25, -0.2) is 0 Å². The Morgan fingerprint density at radius 2 is 1.05 bits per heavy atom. The van der Waals surface area contributed by atoms with Crippen molar-refractivity contribution in [3.63, 3.8) is 0 Å². The largest absolute Gasteiger partial charge is 0.439 e. The highest BCUT2D eigenvalue weighted by Crippen LogP contribution is 2.61. The van der Waals surface area contributed by atoms with E-state index >= 15 is 0 Å². The molecular formula is C60H42N2O.